The number of benzene rings is 1. The van der Waals surface area contributed by atoms with Crippen molar-refractivity contribution in [1.29, 1.82) is 0 Å². The molecule has 11 heteroatoms. The van der Waals surface area contributed by atoms with E-state index >= 15 is 0 Å². The summed E-state index contributed by atoms with van der Waals surface area (Å²) in [5.74, 6) is -0.626. The summed E-state index contributed by atoms with van der Waals surface area (Å²) in [5.41, 5.74) is 5.75. The zero-order valence-corrected chi connectivity index (χ0v) is 16.0. The quantitative estimate of drug-likeness (QED) is 0.240. The minimum absolute atomic E-state index is 0.0399. The summed E-state index contributed by atoms with van der Waals surface area (Å²) in [4.78, 5) is 22.0. The van der Waals surface area contributed by atoms with Crippen LogP contribution in [-0.4, -0.2) is 42.5 Å². The van der Waals surface area contributed by atoms with E-state index in [1.807, 2.05) is 0 Å². The van der Waals surface area contributed by atoms with Crippen molar-refractivity contribution in [3.63, 3.8) is 0 Å². The van der Waals surface area contributed by atoms with Crippen LogP contribution in [0.3, 0.4) is 0 Å². The van der Waals surface area contributed by atoms with E-state index in [-0.39, 0.29) is 16.2 Å². The summed E-state index contributed by atoms with van der Waals surface area (Å²) in [7, 11) is 1.35. The van der Waals surface area contributed by atoms with Crippen LogP contribution in [0.1, 0.15) is 16.6 Å². The van der Waals surface area contributed by atoms with Crippen LogP contribution in [0.5, 0.6) is 0 Å². The van der Waals surface area contributed by atoms with Crippen LogP contribution in [0.2, 0.25) is 0 Å². The van der Waals surface area contributed by atoms with Gasteiger partial charge in [-0.15, -0.1) is 11.3 Å². The second-order valence-electron chi connectivity index (χ2n) is 4.53. The van der Waals surface area contributed by atoms with Gasteiger partial charge in [-0.3, -0.25) is 0 Å². The number of methoxy groups -OCH3 is 1. The smallest absolute Gasteiger partial charge is 0.348 e. The third-order valence-corrected chi connectivity index (χ3v) is 5.93. The summed E-state index contributed by atoms with van der Waals surface area (Å²) < 4.78 is 28.4. The molecular formula is C14H17AsN2O7S. The number of hydrogen-bond acceptors (Lipinski definition) is 8. The molecule has 136 valence electrons. The number of nitrogen functional groups attached to an aromatic ring is 1. The van der Waals surface area contributed by atoms with Crippen LogP contribution in [-0.2, 0) is 17.1 Å². The molecule has 0 aliphatic heterocycles. The van der Waals surface area contributed by atoms with Crippen molar-refractivity contribution in [3.8, 4) is 0 Å². The van der Waals surface area contributed by atoms with Crippen molar-refractivity contribution in [2.24, 2.45) is 0 Å². The fraction of sp³-hybridized carbons (Fsp3) is 0.143. The molecule has 0 saturated carbocycles. The third-order valence-electron chi connectivity index (χ3n) is 2.62. The van der Waals surface area contributed by atoms with Crippen LogP contribution in [0.15, 0.2) is 36.4 Å². The molecule has 0 spiro atoms. The van der Waals surface area contributed by atoms with Crippen molar-refractivity contribution in [2.45, 2.75) is 6.92 Å². The fourth-order valence-electron chi connectivity index (χ4n) is 1.57. The van der Waals surface area contributed by atoms with E-state index in [1.54, 1.807) is 18.2 Å². The van der Waals surface area contributed by atoms with Crippen LogP contribution < -0.4 is 15.4 Å². The topological polar surface area (TPSA) is 148 Å². The minimum Gasteiger partial charge on any atom is -0.465 e. The first kappa shape index (κ1) is 20.9. The minimum atomic E-state index is -4.83. The first-order valence-electron chi connectivity index (χ1n) is 6.67. The second kappa shape index (κ2) is 9.40. The molecule has 1 unspecified atom stereocenters. The molecule has 1 heterocycles. The predicted octanol–water partition coefficient (Wildman–Crippen LogP) is 0.820. The molecule has 0 fully saturated rings. The standard InChI is InChI=1S/C8H10AsNO5.C6H7NO2S/c1-6(11)10-8-4-2-3-7(5-8)9(12,13)15-14;1-9-6(8)4-2-3-5(7)10-4/h2-5,14H,1H3,(H,10,11)(H,12,13);2-3H,7H2,1H3. The first-order valence-corrected chi connectivity index (χ1v) is 10.8. The third kappa shape index (κ3) is 6.73. The van der Waals surface area contributed by atoms with E-state index in [0.717, 1.165) is 0 Å². The summed E-state index contributed by atoms with van der Waals surface area (Å²) in [5, 5.41) is 11.3. The molecule has 2 aromatic rings. The zero-order valence-electron chi connectivity index (χ0n) is 13.3. The zero-order chi connectivity index (χ0) is 19.0. The van der Waals surface area contributed by atoms with Crippen LogP contribution in [0.4, 0.5) is 10.7 Å². The molecule has 0 saturated heterocycles. The van der Waals surface area contributed by atoms with Gasteiger partial charge in [-0.1, -0.05) is 0 Å². The number of esters is 1. The Labute approximate surface area is 150 Å². The maximum atomic E-state index is 11.3. The van der Waals surface area contributed by atoms with Gasteiger partial charge in [0, 0.05) is 0 Å². The molecule has 0 aliphatic rings. The summed E-state index contributed by atoms with van der Waals surface area (Å²) in [6.07, 6.45) is 0. The first-order chi connectivity index (χ1) is 11.7. The maximum absolute atomic E-state index is 11.3. The van der Waals surface area contributed by atoms with Crippen LogP contribution in [0.25, 0.3) is 0 Å². The van der Waals surface area contributed by atoms with Gasteiger partial charge in [-0.2, -0.15) is 0 Å². The SMILES string of the molecule is CC(=O)Nc1cccc([As](=O)(O)OO)c1.COC(=O)c1ccc(N)s1. The Bertz CT molecular complexity index is 793. The van der Waals surface area contributed by atoms with E-state index in [0.29, 0.717) is 15.6 Å². The monoisotopic (exact) mass is 432 g/mol. The Hall–Kier alpha value is -2.10. The Balaban J connectivity index is 0.000000271. The number of thiophene rings is 1. The number of rotatable bonds is 4. The fourth-order valence-corrected chi connectivity index (χ4v) is 3.67. The Kier molecular flexibility index (Phi) is 7.87. The van der Waals surface area contributed by atoms with Crippen molar-refractivity contribution in [1.82, 2.24) is 0 Å². The van der Waals surface area contributed by atoms with Crippen molar-refractivity contribution in [2.75, 3.05) is 18.2 Å². The molecule has 1 amide bonds. The van der Waals surface area contributed by atoms with Gasteiger partial charge in [0.15, 0.2) is 0 Å². The van der Waals surface area contributed by atoms with E-state index < -0.39 is 14.2 Å². The Morgan fingerprint density at radius 3 is 2.44 bits per heavy atom. The van der Waals surface area contributed by atoms with Gasteiger partial charge in [-0.25, -0.2) is 4.79 Å². The van der Waals surface area contributed by atoms with Gasteiger partial charge in [-0.05, 0) is 12.1 Å². The molecule has 0 radical (unpaired) electrons. The predicted molar refractivity (Wildman–Crippen MR) is 92.8 cm³/mol. The maximum Gasteiger partial charge on any atom is 0.348 e. The average molecular weight is 432 g/mol. The molecule has 0 bridgehead atoms. The second-order valence-corrected chi connectivity index (χ2v) is 9.25. The number of nitrogens with two attached hydrogens (primary N) is 1. The molecule has 2 rings (SSSR count). The number of anilines is 2. The van der Waals surface area contributed by atoms with Gasteiger partial charge < -0.3 is 10.5 Å². The number of hydrogen-bond donors (Lipinski definition) is 4. The normalized spacial score (nSPS) is 12.3. The van der Waals surface area contributed by atoms with Gasteiger partial charge in [0.05, 0.1) is 12.1 Å². The van der Waals surface area contributed by atoms with Crippen molar-refractivity contribution >= 4 is 52.4 Å². The molecular weight excluding hydrogens is 415 g/mol. The molecule has 1 aromatic heterocycles. The average Bonchev–Trinajstić information content (AvgIpc) is 3.01. The van der Waals surface area contributed by atoms with Gasteiger partial charge in [0.25, 0.3) is 0 Å². The van der Waals surface area contributed by atoms with Crippen molar-refractivity contribution < 1.29 is 31.3 Å². The van der Waals surface area contributed by atoms with E-state index in [9.17, 15) is 17.4 Å². The molecule has 25 heavy (non-hydrogen) atoms. The van der Waals surface area contributed by atoms with E-state index in [4.69, 9.17) is 11.0 Å². The van der Waals surface area contributed by atoms with Crippen molar-refractivity contribution in [3.05, 3.63) is 41.3 Å². The Morgan fingerprint density at radius 1 is 1.28 bits per heavy atom. The van der Waals surface area contributed by atoms with Gasteiger partial charge in [0.2, 0.25) is 0 Å². The summed E-state index contributed by atoms with van der Waals surface area (Å²) in [6.45, 7) is 1.32. The van der Waals surface area contributed by atoms with E-state index in [1.165, 1.54) is 43.6 Å². The number of ether oxygens (including phenoxy) is 1. The molecule has 0 aliphatic carbocycles. The van der Waals surface area contributed by atoms with Crippen LogP contribution >= 0.6 is 11.3 Å². The summed E-state index contributed by atoms with van der Waals surface area (Å²) in [6, 6.07) is 8.96. The number of nitrogens with one attached hydrogen (secondary N) is 1. The largest absolute Gasteiger partial charge is 0.465 e. The number of carbonyl (C=O) groups is 2. The number of carbonyl (C=O) groups excluding carboxylic acids is 2. The molecule has 5 N–H and O–H groups in total. The van der Waals surface area contributed by atoms with Crippen LogP contribution in [0, 0.1) is 0 Å². The number of amides is 1. The Morgan fingerprint density at radius 2 is 1.96 bits per heavy atom. The van der Waals surface area contributed by atoms with Gasteiger partial charge >= 0.3 is 94.4 Å². The molecule has 9 nitrogen and oxygen atoms in total. The molecule has 1 atom stereocenters. The van der Waals surface area contributed by atoms with Gasteiger partial charge in [0.1, 0.15) is 4.88 Å². The molecule has 1 aromatic carbocycles. The summed E-state index contributed by atoms with van der Waals surface area (Å²) >= 11 is -3.60. The van der Waals surface area contributed by atoms with E-state index in [2.05, 4.69) is 13.9 Å².